The molecule has 0 bridgehead atoms. The predicted molar refractivity (Wildman–Crippen MR) is 91.9 cm³/mol. The largest absolute Gasteiger partial charge is 0.468 e. The van der Waals surface area contributed by atoms with Gasteiger partial charge in [0.2, 0.25) is 0 Å². The van der Waals surface area contributed by atoms with Crippen LogP contribution in [0.5, 0.6) is 5.95 Å². The number of halogens is 1. The molecule has 1 atom stereocenters. The molecule has 0 saturated carbocycles. The van der Waals surface area contributed by atoms with E-state index < -0.39 is 0 Å². The molecule has 1 aliphatic carbocycles. The summed E-state index contributed by atoms with van der Waals surface area (Å²) in [5.41, 5.74) is 2.81. The van der Waals surface area contributed by atoms with Gasteiger partial charge in [-0.25, -0.2) is 9.07 Å². The third kappa shape index (κ3) is 2.96. The molecule has 0 unspecified atom stereocenters. The van der Waals surface area contributed by atoms with Gasteiger partial charge in [0, 0.05) is 17.3 Å². The number of amides is 1. The van der Waals surface area contributed by atoms with E-state index in [-0.39, 0.29) is 23.5 Å². The highest BCUT2D eigenvalue weighted by Gasteiger charge is 2.27. The average molecular weight is 355 g/mol. The molecule has 0 radical (unpaired) electrons. The Bertz CT molecular complexity index is 930. The number of furan rings is 1. The second-order valence-corrected chi connectivity index (χ2v) is 6.18. The van der Waals surface area contributed by atoms with E-state index in [1.165, 1.54) is 19.2 Å². The number of ether oxygens (including phenoxy) is 1. The number of benzene rings is 1. The molecule has 6 nitrogen and oxygen atoms in total. The second kappa shape index (κ2) is 6.67. The maximum atomic E-state index is 13.2. The Morgan fingerprint density at radius 1 is 1.31 bits per heavy atom. The molecular formula is C19H18FN3O3. The quantitative estimate of drug-likeness (QED) is 0.779. The van der Waals surface area contributed by atoms with Gasteiger partial charge in [0.1, 0.15) is 5.82 Å². The Morgan fingerprint density at radius 2 is 2.12 bits per heavy atom. The molecule has 1 aliphatic rings. The van der Waals surface area contributed by atoms with Crippen molar-refractivity contribution in [3.63, 3.8) is 0 Å². The summed E-state index contributed by atoms with van der Waals surface area (Å²) >= 11 is 0. The van der Waals surface area contributed by atoms with E-state index in [4.69, 9.17) is 9.15 Å². The fraction of sp³-hybridized carbons (Fsp3) is 0.263. The van der Waals surface area contributed by atoms with E-state index in [0.29, 0.717) is 5.95 Å². The molecular weight excluding hydrogens is 337 g/mol. The minimum Gasteiger partial charge on any atom is -0.468 e. The summed E-state index contributed by atoms with van der Waals surface area (Å²) in [4.78, 5) is 12.4. The van der Waals surface area contributed by atoms with Crippen molar-refractivity contribution < 1.29 is 18.3 Å². The smallest absolute Gasteiger partial charge is 0.287 e. The molecule has 0 spiro atoms. The molecule has 0 saturated heterocycles. The van der Waals surface area contributed by atoms with Gasteiger partial charge in [-0.2, -0.15) is 5.10 Å². The number of carbonyl (C=O) groups excluding carboxylic acids is 1. The number of methoxy groups -OCH3 is 1. The van der Waals surface area contributed by atoms with Crippen molar-refractivity contribution in [2.75, 3.05) is 7.11 Å². The summed E-state index contributed by atoms with van der Waals surface area (Å²) in [7, 11) is 1.48. The fourth-order valence-corrected chi connectivity index (χ4v) is 3.29. The van der Waals surface area contributed by atoms with Crippen molar-refractivity contribution in [3.05, 3.63) is 65.4 Å². The Morgan fingerprint density at radius 3 is 2.85 bits per heavy atom. The molecule has 26 heavy (non-hydrogen) atoms. The standard InChI is InChI=1S/C19H18FN3O3/c1-25-18-10-9-17(26-18)19(24)22-15-3-2-4-16-14(15)11-21-23(16)13-7-5-12(20)6-8-13/h5-11,15H,2-4H2,1H3,(H,22,24)/t15-/m0/s1. The molecule has 7 heteroatoms. The summed E-state index contributed by atoms with van der Waals surface area (Å²) < 4.78 is 25.3. The van der Waals surface area contributed by atoms with Crippen LogP contribution in [0.25, 0.3) is 5.69 Å². The van der Waals surface area contributed by atoms with Crippen LogP contribution in [0.15, 0.2) is 47.0 Å². The first-order chi connectivity index (χ1) is 12.7. The Balaban J connectivity index is 1.58. The minimum atomic E-state index is -0.291. The molecule has 1 amide bonds. The maximum Gasteiger partial charge on any atom is 0.287 e. The summed E-state index contributed by atoms with van der Waals surface area (Å²) in [6.07, 6.45) is 4.37. The third-order valence-corrected chi connectivity index (χ3v) is 4.57. The molecule has 1 aromatic carbocycles. The van der Waals surface area contributed by atoms with Gasteiger partial charge >= 0.3 is 0 Å². The normalized spacial score (nSPS) is 16.2. The van der Waals surface area contributed by atoms with E-state index in [1.807, 2.05) is 4.68 Å². The second-order valence-electron chi connectivity index (χ2n) is 6.18. The number of nitrogens with one attached hydrogen (secondary N) is 1. The zero-order chi connectivity index (χ0) is 18.1. The van der Waals surface area contributed by atoms with Gasteiger partial charge in [-0.15, -0.1) is 0 Å². The van der Waals surface area contributed by atoms with Crippen LogP contribution in [0.1, 0.15) is 40.7 Å². The van der Waals surface area contributed by atoms with Crippen LogP contribution in [-0.4, -0.2) is 22.8 Å². The number of hydrogen-bond donors (Lipinski definition) is 1. The zero-order valence-corrected chi connectivity index (χ0v) is 14.2. The van der Waals surface area contributed by atoms with Crippen molar-refractivity contribution in [1.29, 1.82) is 0 Å². The Hall–Kier alpha value is -3.09. The summed E-state index contributed by atoms with van der Waals surface area (Å²) in [5.74, 6) is -0.0713. The van der Waals surface area contributed by atoms with Gasteiger partial charge < -0.3 is 14.5 Å². The molecule has 2 aromatic heterocycles. The summed E-state index contributed by atoms with van der Waals surface area (Å²) in [6.45, 7) is 0. The van der Waals surface area contributed by atoms with Crippen molar-refractivity contribution in [2.45, 2.75) is 25.3 Å². The number of rotatable bonds is 4. The molecule has 4 rings (SSSR count). The van der Waals surface area contributed by atoms with Crippen LogP contribution in [-0.2, 0) is 6.42 Å². The minimum absolute atomic E-state index is 0.142. The van der Waals surface area contributed by atoms with E-state index >= 15 is 0 Å². The molecule has 0 fully saturated rings. The maximum absolute atomic E-state index is 13.2. The number of aromatic nitrogens is 2. The van der Waals surface area contributed by atoms with Gasteiger partial charge in [0.05, 0.1) is 25.0 Å². The lowest BCUT2D eigenvalue weighted by atomic mass is 9.92. The van der Waals surface area contributed by atoms with Crippen LogP contribution < -0.4 is 10.1 Å². The Kier molecular flexibility index (Phi) is 4.20. The SMILES string of the molecule is COc1ccc(C(=O)N[C@H]2CCCc3c2cnn3-c2ccc(F)cc2)o1. The first kappa shape index (κ1) is 16.4. The molecule has 3 aromatic rings. The summed E-state index contributed by atoms with van der Waals surface area (Å²) in [6, 6.07) is 9.26. The first-order valence-corrected chi connectivity index (χ1v) is 8.43. The van der Waals surface area contributed by atoms with Crippen LogP contribution >= 0.6 is 0 Å². The average Bonchev–Trinajstić information content (AvgIpc) is 3.30. The fourth-order valence-electron chi connectivity index (χ4n) is 3.29. The highest BCUT2D eigenvalue weighted by Crippen LogP contribution is 2.31. The number of nitrogens with zero attached hydrogens (tertiary/aromatic N) is 2. The van der Waals surface area contributed by atoms with Crippen molar-refractivity contribution >= 4 is 5.91 Å². The lowest BCUT2D eigenvalue weighted by molar-refractivity contribution is 0.0898. The van der Waals surface area contributed by atoms with E-state index in [9.17, 15) is 9.18 Å². The summed E-state index contributed by atoms with van der Waals surface area (Å²) in [5, 5.41) is 7.45. The van der Waals surface area contributed by atoms with Crippen molar-refractivity contribution in [1.82, 2.24) is 15.1 Å². The predicted octanol–water partition coefficient (Wildman–Crippen LogP) is 3.42. The van der Waals surface area contributed by atoms with Crippen molar-refractivity contribution in [2.24, 2.45) is 0 Å². The highest BCUT2D eigenvalue weighted by atomic mass is 19.1. The third-order valence-electron chi connectivity index (χ3n) is 4.57. The molecule has 1 N–H and O–H groups in total. The lowest BCUT2D eigenvalue weighted by Crippen LogP contribution is -2.30. The monoisotopic (exact) mass is 355 g/mol. The highest BCUT2D eigenvalue weighted by molar-refractivity contribution is 5.91. The first-order valence-electron chi connectivity index (χ1n) is 8.43. The van der Waals surface area contributed by atoms with Crippen LogP contribution in [0, 0.1) is 5.82 Å². The van der Waals surface area contributed by atoms with Gasteiger partial charge in [-0.1, -0.05) is 0 Å². The van der Waals surface area contributed by atoms with Crippen molar-refractivity contribution in [3.8, 4) is 11.6 Å². The molecule has 2 heterocycles. The van der Waals surface area contributed by atoms with E-state index in [2.05, 4.69) is 10.4 Å². The number of fused-ring (bicyclic) bond motifs is 1. The van der Waals surface area contributed by atoms with E-state index in [0.717, 1.165) is 36.2 Å². The zero-order valence-electron chi connectivity index (χ0n) is 14.2. The molecule has 134 valence electrons. The Labute approximate surface area is 149 Å². The molecule has 0 aliphatic heterocycles. The van der Waals surface area contributed by atoms with Gasteiger partial charge in [-0.3, -0.25) is 4.79 Å². The van der Waals surface area contributed by atoms with Crippen LogP contribution in [0.4, 0.5) is 4.39 Å². The van der Waals surface area contributed by atoms with Gasteiger partial charge in [-0.05, 0) is 49.6 Å². The number of hydrogen-bond acceptors (Lipinski definition) is 4. The van der Waals surface area contributed by atoms with Crippen LogP contribution in [0.3, 0.4) is 0 Å². The van der Waals surface area contributed by atoms with E-state index in [1.54, 1.807) is 30.5 Å². The lowest BCUT2D eigenvalue weighted by Gasteiger charge is -2.23. The number of carbonyl (C=O) groups is 1. The van der Waals surface area contributed by atoms with Crippen LogP contribution in [0.2, 0.25) is 0 Å². The van der Waals surface area contributed by atoms with Gasteiger partial charge in [0.25, 0.3) is 11.9 Å². The van der Waals surface area contributed by atoms with Gasteiger partial charge in [0.15, 0.2) is 5.76 Å². The topological polar surface area (TPSA) is 69.3 Å².